The van der Waals surface area contributed by atoms with Gasteiger partial charge < -0.3 is 19.6 Å². The molecule has 0 fully saturated rings. The van der Waals surface area contributed by atoms with E-state index in [2.05, 4.69) is 20.8 Å². The van der Waals surface area contributed by atoms with E-state index < -0.39 is 27.1 Å². The number of pyridine rings is 1. The minimum atomic E-state index is -4.92. The normalized spacial score (nSPS) is 14.1. The summed E-state index contributed by atoms with van der Waals surface area (Å²) < 4.78 is 24.3. The maximum absolute atomic E-state index is 11.4. The number of rotatable bonds is 12. The first kappa shape index (κ1) is 24.8. The molecule has 1 aromatic heterocycles. The third-order valence-electron chi connectivity index (χ3n) is 4.34. The first-order valence-electron chi connectivity index (χ1n) is 9.12. The molecule has 0 saturated heterocycles. The van der Waals surface area contributed by atoms with Gasteiger partial charge in [0.15, 0.2) is 18.9 Å². The Kier molecular flexibility index (Phi) is 10.2. The lowest BCUT2D eigenvalue weighted by Crippen LogP contribution is -2.39. The van der Waals surface area contributed by atoms with Crippen molar-refractivity contribution in [3.8, 4) is 0 Å². The molecule has 1 heterocycles. The van der Waals surface area contributed by atoms with Crippen LogP contribution in [0, 0.1) is 11.8 Å². The summed E-state index contributed by atoms with van der Waals surface area (Å²) in [5.74, 6) is 2.30. The molecule has 0 radical (unpaired) electrons. The number of nitrogens with zero attached hydrogens (tertiary/aromatic N) is 1. The average Bonchev–Trinajstić information content (AvgIpc) is 2.50. The van der Waals surface area contributed by atoms with Crippen molar-refractivity contribution >= 4 is 27.0 Å². The fourth-order valence-corrected chi connectivity index (χ4v) is 6.20. The highest BCUT2D eigenvalue weighted by Gasteiger charge is 2.46. The van der Waals surface area contributed by atoms with Gasteiger partial charge in [0.1, 0.15) is 0 Å². The molecule has 0 aliphatic carbocycles. The van der Waals surface area contributed by atoms with Crippen molar-refractivity contribution in [2.45, 2.75) is 63.3 Å². The lowest BCUT2D eigenvalue weighted by Gasteiger charge is -2.16. The Bertz CT molecular complexity index is 653. The molecule has 0 saturated carbocycles. The lowest BCUT2D eigenvalue weighted by atomic mass is 9.98. The lowest BCUT2D eigenvalue weighted by molar-refractivity contribution is -0.696. The van der Waals surface area contributed by atoms with Crippen LogP contribution in [0.2, 0.25) is 0 Å². The van der Waals surface area contributed by atoms with Crippen molar-refractivity contribution in [3.05, 3.63) is 24.5 Å². The summed E-state index contributed by atoms with van der Waals surface area (Å²) in [6, 6.07) is 3.60. The van der Waals surface area contributed by atoms with Crippen molar-refractivity contribution in [1.82, 2.24) is 0 Å². The fourth-order valence-electron chi connectivity index (χ4n) is 2.69. The highest BCUT2D eigenvalue weighted by atomic mass is 32.2. The molecular weight excluding hydrogens is 408 g/mol. The Morgan fingerprint density at radius 1 is 1.04 bits per heavy atom. The van der Waals surface area contributed by atoms with Crippen molar-refractivity contribution in [2.75, 3.05) is 5.75 Å². The minimum absolute atomic E-state index is 0.436. The molecule has 0 aromatic carbocycles. The van der Waals surface area contributed by atoms with Gasteiger partial charge in [-0.15, -0.1) is 11.8 Å². The number of thioether (sulfide) groups is 1. The van der Waals surface area contributed by atoms with E-state index >= 15 is 0 Å². The van der Waals surface area contributed by atoms with Gasteiger partial charge in [0, 0.05) is 6.07 Å². The van der Waals surface area contributed by atoms with Crippen LogP contribution in [0.3, 0.4) is 0 Å². The Hall–Kier alpha value is -0.200. The molecular formula is C17H32NO6P2S+. The molecule has 27 heavy (non-hydrogen) atoms. The fraction of sp³-hybridized carbons (Fsp3) is 0.706. The minimum Gasteiger partial charge on any atom is -0.324 e. The number of aromatic nitrogens is 1. The van der Waals surface area contributed by atoms with E-state index in [1.165, 1.54) is 23.8 Å². The highest BCUT2D eigenvalue weighted by molar-refractivity contribution is 7.99. The van der Waals surface area contributed by atoms with Crippen molar-refractivity contribution in [2.24, 2.45) is 11.8 Å². The summed E-state index contributed by atoms with van der Waals surface area (Å²) in [6.45, 7) is 6.27. The zero-order chi connectivity index (χ0) is 20.7. The van der Waals surface area contributed by atoms with Gasteiger partial charge in [-0.2, -0.15) is 0 Å². The van der Waals surface area contributed by atoms with E-state index in [1.807, 2.05) is 6.07 Å². The summed E-state index contributed by atoms with van der Waals surface area (Å²) >= 11 is 1.64. The molecule has 0 amide bonds. The van der Waals surface area contributed by atoms with Crippen LogP contribution in [0.4, 0.5) is 0 Å². The Labute approximate surface area is 165 Å². The maximum Gasteiger partial charge on any atom is 0.347 e. The topological polar surface area (TPSA) is 119 Å². The van der Waals surface area contributed by atoms with Gasteiger partial charge in [-0.3, -0.25) is 9.13 Å². The molecule has 1 aromatic rings. The molecule has 4 N–H and O–H groups in total. The smallest absolute Gasteiger partial charge is 0.324 e. The molecule has 0 bridgehead atoms. The number of hydrogen-bond donors (Lipinski definition) is 4. The van der Waals surface area contributed by atoms with Gasteiger partial charge in [0.2, 0.25) is 5.40 Å². The van der Waals surface area contributed by atoms with Crippen LogP contribution in [-0.4, -0.2) is 30.7 Å². The third-order valence-corrected chi connectivity index (χ3v) is 9.04. The monoisotopic (exact) mass is 440 g/mol. The van der Waals surface area contributed by atoms with Crippen LogP contribution in [-0.2, 0) is 15.7 Å². The van der Waals surface area contributed by atoms with Gasteiger partial charge >= 0.3 is 15.2 Å². The van der Waals surface area contributed by atoms with Gasteiger partial charge in [0.25, 0.3) is 0 Å². The standard InChI is InChI=1S/C17H31NO6P2S/c1-14(2)6-4-7-15(3)9-11-27-16-8-5-10-18(12-16)13-17(25(19,20)21)26(22,23)24/h5,8,10,12,14-15,17H,4,6-7,9,11,13H2,1-3H3,(H3-,19,20,21,22,23,24)/p+1. The van der Waals surface area contributed by atoms with E-state index in [-0.39, 0.29) is 0 Å². The van der Waals surface area contributed by atoms with E-state index in [4.69, 9.17) is 0 Å². The predicted octanol–water partition coefficient (Wildman–Crippen LogP) is 3.60. The summed E-state index contributed by atoms with van der Waals surface area (Å²) in [5, 5.41) is -2.03. The Morgan fingerprint density at radius 3 is 2.22 bits per heavy atom. The van der Waals surface area contributed by atoms with Gasteiger partial charge in [-0.05, 0) is 30.1 Å². The third kappa shape index (κ3) is 10.2. The van der Waals surface area contributed by atoms with Gasteiger partial charge in [-0.1, -0.05) is 40.0 Å². The summed E-state index contributed by atoms with van der Waals surface area (Å²) in [6.07, 6.45) is 7.99. The van der Waals surface area contributed by atoms with E-state index in [0.29, 0.717) is 5.92 Å². The second-order valence-corrected chi connectivity index (χ2v) is 12.6. The van der Waals surface area contributed by atoms with Crippen LogP contribution in [0.25, 0.3) is 0 Å². The molecule has 156 valence electrons. The Morgan fingerprint density at radius 2 is 1.67 bits per heavy atom. The van der Waals surface area contributed by atoms with Crippen LogP contribution < -0.4 is 4.57 Å². The largest absolute Gasteiger partial charge is 0.347 e. The zero-order valence-electron chi connectivity index (χ0n) is 16.1. The second-order valence-electron chi connectivity index (χ2n) is 7.46. The molecule has 1 rings (SSSR count). The second kappa shape index (κ2) is 11.1. The zero-order valence-corrected chi connectivity index (χ0v) is 18.7. The van der Waals surface area contributed by atoms with Crippen LogP contribution >= 0.6 is 27.0 Å². The van der Waals surface area contributed by atoms with E-state index in [0.717, 1.165) is 23.0 Å². The summed E-state index contributed by atoms with van der Waals surface area (Å²) in [7, 11) is -9.84. The molecule has 10 heteroatoms. The Balaban J connectivity index is 2.59. The summed E-state index contributed by atoms with van der Waals surface area (Å²) in [5.41, 5.74) is 0. The van der Waals surface area contributed by atoms with Crippen LogP contribution in [0.5, 0.6) is 0 Å². The maximum atomic E-state index is 11.4. The predicted molar refractivity (Wildman–Crippen MR) is 108 cm³/mol. The molecule has 1 unspecified atom stereocenters. The SMILES string of the molecule is CC(C)CCCC(C)CCSc1ccc[n+](CC(P(=O)(O)O)P(=O)(O)O)c1. The van der Waals surface area contributed by atoms with Crippen molar-refractivity contribution in [3.63, 3.8) is 0 Å². The molecule has 1 atom stereocenters. The van der Waals surface area contributed by atoms with Crippen LogP contribution in [0.1, 0.15) is 46.5 Å². The quantitative estimate of drug-likeness (QED) is 0.223. The summed E-state index contributed by atoms with van der Waals surface area (Å²) in [4.78, 5) is 37.9. The van der Waals surface area contributed by atoms with Crippen molar-refractivity contribution < 1.29 is 33.3 Å². The molecule has 7 nitrogen and oxygen atoms in total. The van der Waals surface area contributed by atoms with Crippen LogP contribution in [0.15, 0.2) is 29.4 Å². The van der Waals surface area contributed by atoms with Gasteiger partial charge in [-0.25, -0.2) is 4.57 Å². The average molecular weight is 440 g/mol. The molecule has 0 aliphatic rings. The highest BCUT2D eigenvalue weighted by Crippen LogP contribution is 2.59. The first-order chi connectivity index (χ1) is 12.4. The molecule has 0 spiro atoms. The first-order valence-corrected chi connectivity index (χ1v) is 13.5. The van der Waals surface area contributed by atoms with E-state index in [9.17, 15) is 28.7 Å². The van der Waals surface area contributed by atoms with Crippen molar-refractivity contribution in [1.29, 1.82) is 0 Å². The molecule has 0 aliphatic heterocycles. The van der Waals surface area contributed by atoms with E-state index in [1.54, 1.807) is 30.2 Å². The number of hydrogen-bond acceptors (Lipinski definition) is 3. The van der Waals surface area contributed by atoms with Gasteiger partial charge in [0.05, 0.1) is 4.90 Å².